The Morgan fingerprint density at radius 3 is 2.78 bits per heavy atom. The summed E-state index contributed by atoms with van der Waals surface area (Å²) in [5.41, 5.74) is 1.11. The van der Waals surface area contributed by atoms with Gasteiger partial charge in [-0.15, -0.1) is 11.3 Å². The van der Waals surface area contributed by atoms with E-state index in [-0.39, 0.29) is 12.5 Å². The molecule has 1 amide bonds. The maximum Gasteiger partial charge on any atom is 0.264 e. The standard InChI is InChI=1S/C13H18BrNO2S/c1-9-8-11(18-12(9)14)13(17)15(6-3-7-16)10-4-2-5-10/h8,10,16H,2-7H2,1H3. The first kappa shape index (κ1) is 14.0. The second kappa shape index (κ2) is 6.17. The Morgan fingerprint density at radius 2 is 2.33 bits per heavy atom. The first-order valence-electron chi connectivity index (χ1n) is 6.31. The molecule has 0 aromatic carbocycles. The molecular weight excluding hydrogens is 314 g/mol. The summed E-state index contributed by atoms with van der Waals surface area (Å²) in [7, 11) is 0. The minimum atomic E-state index is 0.118. The van der Waals surface area contributed by atoms with E-state index in [0.29, 0.717) is 19.0 Å². The van der Waals surface area contributed by atoms with E-state index < -0.39 is 0 Å². The Bertz CT molecular complexity index is 409. The van der Waals surface area contributed by atoms with Crippen LogP contribution in [0.1, 0.15) is 40.9 Å². The molecule has 100 valence electrons. The molecule has 2 rings (SSSR count). The van der Waals surface area contributed by atoms with Crippen LogP contribution in [0.5, 0.6) is 0 Å². The predicted octanol–water partition coefficient (Wildman–Crippen LogP) is 3.20. The van der Waals surface area contributed by atoms with Crippen molar-refractivity contribution < 1.29 is 9.90 Å². The molecule has 0 unspecified atom stereocenters. The number of aliphatic hydroxyl groups is 1. The van der Waals surface area contributed by atoms with Crippen molar-refractivity contribution in [1.82, 2.24) is 4.90 Å². The minimum Gasteiger partial charge on any atom is -0.396 e. The molecule has 1 N–H and O–H groups in total. The average Bonchev–Trinajstić information content (AvgIpc) is 2.61. The SMILES string of the molecule is Cc1cc(C(=O)N(CCCO)C2CCC2)sc1Br. The normalized spacial score (nSPS) is 15.5. The third-order valence-electron chi connectivity index (χ3n) is 3.40. The zero-order chi connectivity index (χ0) is 13.1. The van der Waals surface area contributed by atoms with Crippen LogP contribution in [0.2, 0.25) is 0 Å². The molecule has 0 saturated heterocycles. The van der Waals surface area contributed by atoms with Gasteiger partial charge in [0, 0.05) is 19.2 Å². The van der Waals surface area contributed by atoms with Crippen LogP contribution in [0.3, 0.4) is 0 Å². The molecule has 1 fully saturated rings. The fraction of sp³-hybridized carbons (Fsp3) is 0.615. The van der Waals surface area contributed by atoms with Gasteiger partial charge in [0.1, 0.15) is 0 Å². The molecule has 0 radical (unpaired) electrons. The van der Waals surface area contributed by atoms with Crippen molar-refractivity contribution in [3.05, 3.63) is 20.3 Å². The number of carbonyl (C=O) groups excluding carboxylic acids is 1. The fourth-order valence-electron chi connectivity index (χ4n) is 2.10. The van der Waals surface area contributed by atoms with Gasteiger partial charge < -0.3 is 10.0 Å². The summed E-state index contributed by atoms with van der Waals surface area (Å²) in [4.78, 5) is 15.2. The van der Waals surface area contributed by atoms with Gasteiger partial charge in [-0.3, -0.25) is 4.79 Å². The number of aryl methyl sites for hydroxylation is 1. The first-order chi connectivity index (χ1) is 8.63. The van der Waals surface area contributed by atoms with E-state index in [1.165, 1.54) is 17.8 Å². The monoisotopic (exact) mass is 331 g/mol. The van der Waals surface area contributed by atoms with Gasteiger partial charge in [0.2, 0.25) is 0 Å². The van der Waals surface area contributed by atoms with E-state index in [1.807, 2.05) is 17.9 Å². The van der Waals surface area contributed by atoms with E-state index in [2.05, 4.69) is 15.9 Å². The van der Waals surface area contributed by atoms with Crippen LogP contribution in [0.4, 0.5) is 0 Å². The van der Waals surface area contributed by atoms with Crippen molar-refractivity contribution in [2.75, 3.05) is 13.2 Å². The molecule has 0 spiro atoms. The van der Waals surface area contributed by atoms with Crippen LogP contribution in [0.25, 0.3) is 0 Å². The van der Waals surface area contributed by atoms with E-state index in [1.54, 1.807) is 0 Å². The molecule has 0 atom stereocenters. The van der Waals surface area contributed by atoms with Crippen molar-refractivity contribution in [2.45, 2.75) is 38.6 Å². The molecule has 0 aliphatic heterocycles. The van der Waals surface area contributed by atoms with E-state index in [4.69, 9.17) is 5.11 Å². The number of rotatable bonds is 5. The largest absolute Gasteiger partial charge is 0.396 e. The van der Waals surface area contributed by atoms with Crippen LogP contribution >= 0.6 is 27.3 Å². The van der Waals surface area contributed by atoms with Gasteiger partial charge in [0.15, 0.2) is 0 Å². The van der Waals surface area contributed by atoms with Crippen molar-refractivity contribution >= 4 is 33.2 Å². The summed E-state index contributed by atoms with van der Waals surface area (Å²) in [6.45, 7) is 2.80. The molecule has 1 aliphatic carbocycles. The van der Waals surface area contributed by atoms with E-state index in [0.717, 1.165) is 27.1 Å². The summed E-state index contributed by atoms with van der Waals surface area (Å²) < 4.78 is 1.03. The quantitative estimate of drug-likeness (QED) is 0.900. The number of carbonyl (C=O) groups is 1. The van der Waals surface area contributed by atoms with Crippen molar-refractivity contribution in [1.29, 1.82) is 0 Å². The molecule has 1 aliphatic rings. The Kier molecular flexibility index (Phi) is 4.81. The highest BCUT2D eigenvalue weighted by Gasteiger charge is 2.29. The highest BCUT2D eigenvalue weighted by atomic mass is 79.9. The lowest BCUT2D eigenvalue weighted by atomic mass is 9.91. The molecule has 1 saturated carbocycles. The summed E-state index contributed by atoms with van der Waals surface area (Å²) >= 11 is 4.96. The van der Waals surface area contributed by atoms with Gasteiger partial charge in [-0.25, -0.2) is 0 Å². The molecule has 18 heavy (non-hydrogen) atoms. The summed E-state index contributed by atoms with van der Waals surface area (Å²) in [6.07, 6.45) is 4.07. The first-order valence-corrected chi connectivity index (χ1v) is 7.92. The molecule has 1 aromatic rings. The Hall–Kier alpha value is -0.390. The molecule has 0 bridgehead atoms. The van der Waals surface area contributed by atoms with E-state index in [9.17, 15) is 4.79 Å². The third kappa shape index (κ3) is 2.95. The van der Waals surface area contributed by atoms with E-state index >= 15 is 0 Å². The van der Waals surface area contributed by atoms with Crippen LogP contribution < -0.4 is 0 Å². The lowest BCUT2D eigenvalue weighted by molar-refractivity contribution is 0.0567. The Morgan fingerprint density at radius 1 is 1.61 bits per heavy atom. The predicted molar refractivity (Wildman–Crippen MR) is 77.1 cm³/mol. The zero-order valence-electron chi connectivity index (χ0n) is 10.5. The van der Waals surface area contributed by atoms with Gasteiger partial charge in [0.25, 0.3) is 5.91 Å². The van der Waals surface area contributed by atoms with Gasteiger partial charge in [-0.1, -0.05) is 0 Å². The Labute approximate surface area is 120 Å². The van der Waals surface area contributed by atoms with Crippen LogP contribution in [0.15, 0.2) is 9.85 Å². The number of thiophene rings is 1. The van der Waals surface area contributed by atoms with Crippen LogP contribution in [-0.4, -0.2) is 35.1 Å². The second-order valence-corrected chi connectivity index (χ2v) is 7.10. The zero-order valence-corrected chi connectivity index (χ0v) is 12.9. The van der Waals surface area contributed by atoms with Crippen molar-refractivity contribution in [2.24, 2.45) is 0 Å². The highest BCUT2D eigenvalue weighted by Crippen LogP contribution is 2.31. The maximum atomic E-state index is 12.5. The lowest BCUT2D eigenvalue weighted by Crippen LogP contribution is -2.44. The number of halogens is 1. The summed E-state index contributed by atoms with van der Waals surface area (Å²) in [5.74, 6) is 0.118. The van der Waals surface area contributed by atoms with Crippen LogP contribution in [-0.2, 0) is 0 Å². The van der Waals surface area contributed by atoms with Crippen molar-refractivity contribution in [3.63, 3.8) is 0 Å². The van der Waals surface area contributed by atoms with Crippen molar-refractivity contribution in [3.8, 4) is 0 Å². The Balaban J connectivity index is 2.11. The van der Waals surface area contributed by atoms with Gasteiger partial charge in [-0.2, -0.15) is 0 Å². The third-order valence-corrected chi connectivity index (χ3v) is 5.53. The molecule has 1 heterocycles. The summed E-state index contributed by atoms with van der Waals surface area (Å²) in [6, 6.07) is 2.33. The molecule has 3 nitrogen and oxygen atoms in total. The smallest absolute Gasteiger partial charge is 0.264 e. The second-order valence-electron chi connectivity index (χ2n) is 4.73. The summed E-state index contributed by atoms with van der Waals surface area (Å²) in [5, 5.41) is 8.95. The topological polar surface area (TPSA) is 40.5 Å². The van der Waals surface area contributed by atoms with Gasteiger partial charge in [0.05, 0.1) is 8.66 Å². The minimum absolute atomic E-state index is 0.118. The number of amides is 1. The molecular formula is C13H18BrNO2S. The highest BCUT2D eigenvalue weighted by molar-refractivity contribution is 9.11. The molecule has 5 heteroatoms. The number of nitrogens with zero attached hydrogens (tertiary/aromatic N) is 1. The fourth-order valence-corrected chi connectivity index (χ4v) is 3.59. The number of hydrogen-bond acceptors (Lipinski definition) is 3. The maximum absolute atomic E-state index is 12.5. The molecule has 1 aromatic heterocycles. The van der Waals surface area contributed by atoms with Gasteiger partial charge in [-0.05, 0) is 60.2 Å². The number of hydrogen-bond donors (Lipinski definition) is 1. The number of aliphatic hydroxyl groups excluding tert-OH is 1. The van der Waals surface area contributed by atoms with Crippen LogP contribution in [0, 0.1) is 6.92 Å². The lowest BCUT2D eigenvalue weighted by Gasteiger charge is -2.37. The van der Waals surface area contributed by atoms with Gasteiger partial charge >= 0.3 is 0 Å². The average molecular weight is 332 g/mol.